The normalized spacial score (nSPS) is 11.3. The molecular weight excluding hydrogens is 295 g/mol. The van der Waals surface area contributed by atoms with Gasteiger partial charge < -0.3 is 15.2 Å². The van der Waals surface area contributed by atoms with Crippen molar-refractivity contribution in [3.8, 4) is 22.6 Å². The van der Waals surface area contributed by atoms with Gasteiger partial charge in [0.1, 0.15) is 18.1 Å². The maximum atomic E-state index is 12.3. The molecule has 0 atom stereocenters. The third-order valence-corrected chi connectivity index (χ3v) is 2.96. The van der Waals surface area contributed by atoms with Gasteiger partial charge in [-0.3, -0.25) is 0 Å². The third-order valence-electron chi connectivity index (χ3n) is 2.96. The molecule has 0 amide bonds. The Bertz CT molecular complexity index is 642. The quantitative estimate of drug-likeness (QED) is 0.911. The molecule has 6 heteroatoms. The summed E-state index contributed by atoms with van der Waals surface area (Å²) in [6.07, 6.45) is -4.70. The van der Waals surface area contributed by atoms with Crippen molar-refractivity contribution in [1.82, 2.24) is 0 Å². The van der Waals surface area contributed by atoms with Crippen molar-refractivity contribution in [1.29, 1.82) is 0 Å². The standard InChI is InChI=1S/C16H16F3NO2/c1-11-9-13(21-8-7-20)5-6-15(11)12-3-2-4-14(10-12)22-16(17,18)19/h2-6,9-10H,7-8,20H2,1H3. The number of ether oxygens (including phenoxy) is 2. The van der Waals surface area contributed by atoms with Gasteiger partial charge in [-0.2, -0.15) is 0 Å². The number of hydrogen-bond acceptors (Lipinski definition) is 3. The molecule has 0 aliphatic rings. The zero-order valence-electron chi connectivity index (χ0n) is 12.0. The minimum absolute atomic E-state index is 0.243. The fraction of sp³-hybridized carbons (Fsp3) is 0.250. The number of alkyl halides is 3. The van der Waals surface area contributed by atoms with Crippen molar-refractivity contribution < 1.29 is 22.6 Å². The average Bonchev–Trinajstić information content (AvgIpc) is 2.43. The van der Waals surface area contributed by atoms with E-state index >= 15 is 0 Å². The first-order valence-electron chi connectivity index (χ1n) is 6.69. The molecule has 2 rings (SSSR count). The highest BCUT2D eigenvalue weighted by Crippen LogP contribution is 2.31. The minimum Gasteiger partial charge on any atom is -0.492 e. The number of nitrogens with two attached hydrogens (primary N) is 1. The lowest BCUT2D eigenvalue weighted by atomic mass is 10.0. The summed E-state index contributed by atoms with van der Waals surface area (Å²) in [7, 11) is 0. The van der Waals surface area contributed by atoms with E-state index in [9.17, 15) is 13.2 Å². The van der Waals surface area contributed by atoms with Crippen molar-refractivity contribution >= 4 is 0 Å². The van der Waals surface area contributed by atoms with Crippen LogP contribution in [0.2, 0.25) is 0 Å². The predicted molar refractivity (Wildman–Crippen MR) is 77.8 cm³/mol. The van der Waals surface area contributed by atoms with E-state index in [1.807, 2.05) is 13.0 Å². The predicted octanol–water partition coefficient (Wildman–Crippen LogP) is 3.90. The molecular formula is C16H16F3NO2. The van der Waals surface area contributed by atoms with Crippen molar-refractivity contribution in [3.63, 3.8) is 0 Å². The van der Waals surface area contributed by atoms with Gasteiger partial charge in [-0.05, 0) is 47.9 Å². The highest BCUT2D eigenvalue weighted by atomic mass is 19.4. The molecule has 0 aromatic heterocycles. The lowest BCUT2D eigenvalue weighted by Crippen LogP contribution is -2.17. The summed E-state index contributed by atoms with van der Waals surface area (Å²) in [5.74, 6) is 0.433. The first-order chi connectivity index (χ1) is 10.4. The van der Waals surface area contributed by atoms with E-state index in [2.05, 4.69) is 4.74 Å². The van der Waals surface area contributed by atoms with Gasteiger partial charge in [0.2, 0.25) is 0 Å². The lowest BCUT2D eigenvalue weighted by molar-refractivity contribution is -0.274. The molecule has 22 heavy (non-hydrogen) atoms. The topological polar surface area (TPSA) is 44.5 Å². The Balaban J connectivity index is 2.26. The van der Waals surface area contributed by atoms with Crippen LogP contribution in [0.15, 0.2) is 42.5 Å². The largest absolute Gasteiger partial charge is 0.573 e. The Labute approximate surface area is 126 Å². The van der Waals surface area contributed by atoms with Crippen LogP contribution in [-0.2, 0) is 0 Å². The number of benzene rings is 2. The Morgan fingerprint density at radius 2 is 1.82 bits per heavy atom. The maximum absolute atomic E-state index is 12.3. The van der Waals surface area contributed by atoms with Crippen LogP contribution in [-0.4, -0.2) is 19.5 Å². The molecule has 0 saturated heterocycles. The van der Waals surface area contributed by atoms with Crippen LogP contribution < -0.4 is 15.2 Å². The van der Waals surface area contributed by atoms with Gasteiger partial charge in [0.25, 0.3) is 0 Å². The molecule has 0 unspecified atom stereocenters. The van der Waals surface area contributed by atoms with E-state index in [1.54, 1.807) is 18.2 Å². The summed E-state index contributed by atoms with van der Waals surface area (Å²) in [5.41, 5.74) is 7.72. The summed E-state index contributed by atoms with van der Waals surface area (Å²) in [4.78, 5) is 0. The fourth-order valence-corrected chi connectivity index (χ4v) is 2.09. The number of hydrogen-bond donors (Lipinski definition) is 1. The SMILES string of the molecule is Cc1cc(OCCN)ccc1-c1cccc(OC(F)(F)F)c1. The molecule has 0 heterocycles. The summed E-state index contributed by atoms with van der Waals surface area (Å²) in [5, 5.41) is 0. The van der Waals surface area contributed by atoms with Gasteiger partial charge in [-0.1, -0.05) is 18.2 Å². The number of rotatable bonds is 5. The van der Waals surface area contributed by atoms with Gasteiger partial charge in [-0.25, -0.2) is 0 Å². The van der Waals surface area contributed by atoms with Gasteiger partial charge >= 0.3 is 6.36 Å². The van der Waals surface area contributed by atoms with Crippen molar-refractivity contribution in [2.75, 3.05) is 13.2 Å². The molecule has 2 aromatic carbocycles. The van der Waals surface area contributed by atoms with Gasteiger partial charge in [-0.15, -0.1) is 13.2 Å². The first-order valence-corrected chi connectivity index (χ1v) is 6.69. The molecule has 0 fully saturated rings. The third kappa shape index (κ3) is 4.39. The van der Waals surface area contributed by atoms with Crippen molar-refractivity contribution in [3.05, 3.63) is 48.0 Å². The zero-order chi connectivity index (χ0) is 16.2. The zero-order valence-corrected chi connectivity index (χ0v) is 12.0. The molecule has 0 spiro atoms. The monoisotopic (exact) mass is 311 g/mol. The molecule has 3 nitrogen and oxygen atoms in total. The van der Waals surface area contributed by atoms with Crippen LogP contribution in [0.25, 0.3) is 11.1 Å². The van der Waals surface area contributed by atoms with Crippen LogP contribution in [0, 0.1) is 6.92 Å². The molecule has 0 saturated carbocycles. The average molecular weight is 311 g/mol. The summed E-state index contributed by atoms with van der Waals surface area (Å²) < 4.78 is 46.2. The van der Waals surface area contributed by atoms with Gasteiger partial charge in [0, 0.05) is 6.54 Å². The van der Waals surface area contributed by atoms with Gasteiger partial charge in [0.15, 0.2) is 0 Å². The smallest absolute Gasteiger partial charge is 0.492 e. The Kier molecular flexibility index (Phi) is 4.92. The summed E-state index contributed by atoms with van der Waals surface area (Å²) in [6, 6.07) is 11.3. The molecule has 2 N–H and O–H groups in total. The Morgan fingerprint density at radius 1 is 1.05 bits per heavy atom. The Morgan fingerprint density at radius 3 is 2.45 bits per heavy atom. The summed E-state index contributed by atoms with van der Waals surface area (Å²) >= 11 is 0. The molecule has 0 aliphatic carbocycles. The van der Waals surface area contributed by atoms with E-state index in [-0.39, 0.29) is 5.75 Å². The van der Waals surface area contributed by atoms with Gasteiger partial charge in [0.05, 0.1) is 0 Å². The van der Waals surface area contributed by atoms with Crippen molar-refractivity contribution in [2.24, 2.45) is 5.73 Å². The second-order valence-electron chi connectivity index (χ2n) is 4.69. The number of halogens is 3. The molecule has 2 aromatic rings. The van der Waals surface area contributed by atoms with E-state index < -0.39 is 6.36 Å². The van der Waals surface area contributed by atoms with Crippen LogP contribution in [0.1, 0.15) is 5.56 Å². The second kappa shape index (κ2) is 6.70. The van der Waals surface area contributed by atoms with Crippen LogP contribution in [0.3, 0.4) is 0 Å². The lowest BCUT2D eigenvalue weighted by Gasteiger charge is -2.12. The highest BCUT2D eigenvalue weighted by Gasteiger charge is 2.31. The minimum atomic E-state index is -4.70. The molecule has 0 radical (unpaired) electrons. The van der Waals surface area contributed by atoms with Crippen LogP contribution >= 0.6 is 0 Å². The molecule has 118 valence electrons. The van der Waals surface area contributed by atoms with E-state index in [4.69, 9.17) is 10.5 Å². The van der Waals surface area contributed by atoms with E-state index in [1.165, 1.54) is 18.2 Å². The molecule has 0 bridgehead atoms. The second-order valence-corrected chi connectivity index (χ2v) is 4.69. The van der Waals surface area contributed by atoms with E-state index in [0.717, 1.165) is 11.1 Å². The first kappa shape index (κ1) is 16.2. The van der Waals surface area contributed by atoms with Crippen LogP contribution in [0.4, 0.5) is 13.2 Å². The number of aryl methyl sites for hydroxylation is 1. The Hall–Kier alpha value is -2.21. The fourth-order valence-electron chi connectivity index (χ4n) is 2.09. The van der Waals surface area contributed by atoms with Crippen molar-refractivity contribution in [2.45, 2.75) is 13.3 Å². The highest BCUT2D eigenvalue weighted by molar-refractivity contribution is 5.69. The summed E-state index contributed by atoms with van der Waals surface area (Å²) in [6.45, 7) is 2.69. The maximum Gasteiger partial charge on any atom is 0.573 e. The molecule has 0 aliphatic heterocycles. The van der Waals surface area contributed by atoms with E-state index in [0.29, 0.717) is 24.5 Å². The van der Waals surface area contributed by atoms with Crippen LogP contribution in [0.5, 0.6) is 11.5 Å².